The number of hydrogen-bond donors (Lipinski definition) is 0. The molecule has 0 saturated heterocycles. The monoisotopic (exact) mass is 188 g/mol. The van der Waals surface area contributed by atoms with Gasteiger partial charge in [0.2, 0.25) is 6.36 Å². The predicted octanol–water partition coefficient (Wildman–Crippen LogP) is 2.04. The number of benzene rings is 1. The molecule has 0 aromatic heterocycles. The molecular formula is C8H9FO2S. The second-order valence-electron chi connectivity index (χ2n) is 2.19. The van der Waals surface area contributed by atoms with Gasteiger partial charge in [-0.25, -0.2) is 12.8 Å². The zero-order valence-electron chi connectivity index (χ0n) is 6.57. The van der Waals surface area contributed by atoms with Crippen molar-refractivity contribution in [2.45, 2.75) is 18.2 Å². The molecule has 0 saturated carbocycles. The minimum Gasteiger partial charge on any atom is -0.250 e. The third kappa shape index (κ3) is 2.71. The maximum atomic E-state index is 12.2. The van der Waals surface area contributed by atoms with Crippen molar-refractivity contribution in [3.8, 4) is 0 Å². The van der Waals surface area contributed by atoms with E-state index in [1.165, 1.54) is 6.92 Å². The van der Waals surface area contributed by atoms with Crippen LogP contribution in [0.4, 0.5) is 4.39 Å². The Morgan fingerprint density at radius 1 is 1.42 bits per heavy atom. The van der Waals surface area contributed by atoms with E-state index in [9.17, 15) is 8.60 Å². The zero-order valence-corrected chi connectivity index (χ0v) is 7.38. The molecule has 0 aliphatic heterocycles. The Balaban J connectivity index is 2.66. The van der Waals surface area contributed by atoms with Gasteiger partial charge in [0.1, 0.15) is 0 Å². The van der Waals surface area contributed by atoms with Crippen LogP contribution in [0.1, 0.15) is 6.92 Å². The second kappa shape index (κ2) is 4.33. The fourth-order valence-electron chi connectivity index (χ4n) is 0.708. The van der Waals surface area contributed by atoms with Gasteiger partial charge in [-0.2, -0.15) is 0 Å². The minimum atomic E-state index is -1.69. The fraction of sp³-hybridized carbons (Fsp3) is 0.250. The van der Waals surface area contributed by atoms with Crippen LogP contribution >= 0.6 is 0 Å². The first-order valence-electron chi connectivity index (χ1n) is 3.48. The minimum absolute atomic E-state index is 0.474. The number of hydrogen-bond acceptors (Lipinski definition) is 2. The van der Waals surface area contributed by atoms with Crippen molar-refractivity contribution in [2.24, 2.45) is 0 Å². The van der Waals surface area contributed by atoms with E-state index in [1.54, 1.807) is 30.3 Å². The van der Waals surface area contributed by atoms with E-state index in [4.69, 9.17) is 0 Å². The van der Waals surface area contributed by atoms with E-state index in [0.717, 1.165) is 0 Å². The van der Waals surface area contributed by atoms with Crippen LogP contribution in [0.5, 0.6) is 0 Å². The van der Waals surface area contributed by atoms with Crippen molar-refractivity contribution in [1.29, 1.82) is 0 Å². The molecule has 4 heteroatoms. The third-order valence-electron chi connectivity index (χ3n) is 1.16. The van der Waals surface area contributed by atoms with Crippen LogP contribution in [-0.4, -0.2) is 10.6 Å². The summed E-state index contributed by atoms with van der Waals surface area (Å²) in [5.74, 6) is 0. The van der Waals surface area contributed by atoms with Crippen LogP contribution in [0.15, 0.2) is 35.2 Å². The van der Waals surface area contributed by atoms with Crippen molar-refractivity contribution in [2.75, 3.05) is 0 Å². The molecule has 0 fully saturated rings. The smallest absolute Gasteiger partial charge is 0.211 e. The highest BCUT2D eigenvalue weighted by Crippen LogP contribution is 2.08. The lowest BCUT2D eigenvalue weighted by molar-refractivity contribution is 0.102. The van der Waals surface area contributed by atoms with Gasteiger partial charge in [-0.1, -0.05) is 18.2 Å². The van der Waals surface area contributed by atoms with Gasteiger partial charge < -0.3 is 0 Å². The summed E-state index contributed by atoms with van der Waals surface area (Å²) in [5.41, 5.74) is 0. The number of alkyl halides is 1. The van der Waals surface area contributed by atoms with Gasteiger partial charge in [-0.05, 0) is 19.1 Å². The number of halogens is 1. The first kappa shape index (κ1) is 9.35. The molecular weight excluding hydrogens is 179 g/mol. The molecule has 0 aliphatic carbocycles. The molecule has 66 valence electrons. The Labute approximate surface area is 73.0 Å². The topological polar surface area (TPSA) is 26.3 Å². The fourth-order valence-corrected chi connectivity index (χ4v) is 1.44. The third-order valence-corrected chi connectivity index (χ3v) is 2.25. The molecule has 0 heterocycles. The zero-order chi connectivity index (χ0) is 8.97. The van der Waals surface area contributed by atoms with E-state index in [2.05, 4.69) is 4.18 Å². The van der Waals surface area contributed by atoms with E-state index in [-0.39, 0.29) is 0 Å². The van der Waals surface area contributed by atoms with Gasteiger partial charge in [0.25, 0.3) is 0 Å². The lowest BCUT2D eigenvalue weighted by Gasteiger charge is -2.02. The average Bonchev–Trinajstić information content (AvgIpc) is 2.05. The molecule has 0 N–H and O–H groups in total. The lowest BCUT2D eigenvalue weighted by atomic mass is 10.4. The Kier molecular flexibility index (Phi) is 3.37. The summed E-state index contributed by atoms with van der Waals surface area (Å²) in [5, 5.41) is 0. The molecule has 2 nitrogen and oxygen atoms in total. The largest absolute Gasteiger partial charge is 0.250 e. The van der Waals surface area contributed by atoms with Crippen LogP contribution in [0.3, 0.4) is 0 Å². The molecule has 0 spiro atoms. The molecule has 0 aliphatic rings. The summed E-state index contributed by atoms with van der Waals surface area (Å²) in [4.78, 5) is 0.474. The quantitative estimate of drug-likeness (QED) is 0.725. The Hall–Kier alpha value is -0.740. The van der Waals surface area contributed by atoms with E-state index in [1.807, 2.05) is 0 Å². The highest BCUT2D eigenvalue weighted by atomic mass is 32.2. The summed E-state index contributed by atoms with van der Waals surface area (Å²) >= 11 is -1.69. The summed E-state index contributed by atoms with van der Waals surface area (Å²) in [6, 6.07) is 8.48. The van der Waals surface area contributed by atoms with Crippen molar-refractivity contribution < 1.29 is 12.8 Å². The molecule has 1 aromatic carbocycles. The standard InChI is InChI=1S/C8H9FO2S/c1-7(9)11-12(10)8-5-3-2-4-6-8/h2-7H,1H3. The van der Waals surface area contributed by atoms with Crippen LogP contribution in [0.2, 0.25) is 0 Å². The molecule has 1 rings (SSSR count). The van der Waals surface area contributed by atoms with Crippen molar-refractivity contribution >= 4 is 11.1 Å². The lowest BCUT2D eigenvalue weighted by Crippen LogP contribution is -2.04. The molecule has 1 aromatic rings. The summed E-state index contributed by atoms with van der Waals surface area (Å²) in [7, 11) is 0. The SMILES string of the molecule is CC(F)OS(=O)c1ccccc1. The molecule has 2 unspecified atom stereocenters. The molecule has 0 radical (unpaired) electrons. The first-order valence-corrected chi connectivity index (χ1v) is 4.55. The molecule has 12 heavy (non-hydrogen) atoms. The highest BCUT2D eigenvalue weighted by molar-refractivity contribution is 7.80. The van der Waals surface area contributed by atoms with Gasteiger partial charge in [0, 0.05) is 0 Å². The Bertz CT molecular complexity index is 261. The Morgan fingerprint density at radius 3 is 2.50 bits per heavy atom. The average molecular weight is 188 g/mol. The van der Waals surface area contributed by atoms with Crippen LogP contribution < -0.4 is 0 Å². The van der Waals surface area contributed by atoms with E-state index in [0.29, 0.717) is 4.90 Å². The van der Waals surface area contributed by atoms with Crippen LogP contribution in [-0.2, 0) is 15.3 Å². The predicted molar refractivity (Wildman–Crippen MR) is 44.5 cm³/mol. The van der Waals surface area contributed by atoms with Gasteiger partial charge in [-0.3, -0.25) is 0 Å². The van der Waals surface area contributed by atoms with Gasteiger partial charge in [0.05, 0.1) is 4.90 Å². The van der Waals surface area contributed by atoms with Crippen LogP contribution in [0, 0.1) is 0 Å². The summed E-state index contributed by atoms with van der Waals surface area (Å²) in [6.07, 6.45) is -1.51. The van der Waals surface area contributed by atoms with E-state index >= 15 is 0 Å². The first-order chi connectivity index (χ1) is 5.70. The second-order valence-corrected chi connectivity index (χ2v) is 3.32. The normalized spacial score (nSPS) is 15.5. The Morgan fingerprint density at radius 2 is 2.00 bits per heavy atom. The maximum Gasteiger partial charge on any atom is 0.211 e. The van der Waals surface area contributed by atoms with Crippen molar-refractivity contribution in [1.82, 2.24) is 0 Å². The summed E-state index contributed by atoms with van der Waals surface area (Å²) in [6.45, 7) is 1.20. The molecule has 0 bridgehead atoms. The van der Waals surface area contributed by atoms with Crippen LogP contribution in [0.25, 0.3) is 0 Å². The number of rotatable bonds is 3. The van der Waals surface area contributed by atoms with Gasteiger partial charge in [-0.15, -0.1) is 0 Å². The summed E-state index contributed by atoms with van der Waals surface area (Å²) < 4.78 is 27.8. The van der Waals surface area contributed by atoms with Gasteiger partial charge >= 0.3 is 0 Å². The highest BCUT2D eigenvalue weighted by Gasteiger charge is 2.07. The van der Waals surface area contributed by atoms with Crippen molar-refractivity contribution in [3.63, 3.8) is 0 Å². The molecule has 2 atom stereocenters. The van der Waals surface area contributed by atoms with Crippen molar-refractivity contribution in [3.05, 3.63) is 30.3 Å². The van der Waals surface area contributed by atoms with Gasteiger partial charge in [0.15, 0.2) is 11.1 Å². The maximum absolute atomic E-state index is 12.2. The van der Waals surface area contributed by atoms with E-state index < -0.39 is 17.4 Å². The molecule has 0 amide bonds.